The van der Waals surface area contributed by atoms with Crippen LogP contribution in [-0.2, 0) is 24.8 Å². The van der Waals surface area contributed by atoms with Crippen LogP contribution in [0.1, 0.15) is 31.7 Å². The van der Waals surface area contributed by atoms with Crippen LogP contribution < -0.4 is 5.56 Å². The van der Waals surface area contributed by atoms with Crippen molar-refractivity contribution < 1.29 is 9.90 Å². The molecule has 1 atom stereocenters. The number of rotatable bonds is 6. The predicted octanol–water partition coefficient (Wildman–Crippen LogP) is 1.75. The summed E-state index contributed by atoms with van der Waals surface area (Å²) in [7, 11) is 1.74. The Morgan fingerprint density at radius 1 is 1.23 bits per heavy atom. The standard InChI is InChI=1S/C23H29N5O3/c1-17(8-9-18-6-4-3-5-7-18)21(29)27-12-10-23(31,11-13-27)15-28-16-24-20-19(22(28)30)14-25-26(20)2/h3-7,14,16-17,31H,8-13,15H2,1-2H3. The predicted molar refractivity (Wildman–Crippen MR) is 117 cm³/mol. The van der Waals surface area contributed by atoms with Crippen molar-refractivity contribution in [2.75, 3.05) is 13.1 Å². The summed E-state index contributed by atoms with van der Waals surface area (Å²) in [5.74, 6) is 0.0693. The summed E-state index contributed by atoms with van der Waals surface area (Å²) in [6, 6.07) is 10.2. The van der Waals surface area contributed by atoms with Crippen molar-refractivity contribution in [2.24, 2.45) is 13.0 Å². The van der Waals surface area contributed by atoms with Crippen LogP contribution >= 0.6 is 0 Å². The van der Waals surface area contributed by atoms with Crippen LogP contribution in [0.2, 0.25) is 0 Å². The lowest BCUT2D eigenvalue weighted by molar-refractivity contribution is -0.139. The van der Waals surface area contributed by atoms with E-state index in [9.17, 15) is 14.7 Å². The fraction of sp³-hybridized carbons (Fsp3) is 0.478. The molecule has 4 rings (SSSR count). The highest BCUT2D eigenvalue weighted by Crippen LogP contribution is 2.25. The van der Waals surface area contributed by atoms with Gasteiger partial charge in [-0.15, -0.1) is 0 Å². The maximum absolute atomic E-state index is 12.9. The number of fused-ring (bicyclic) bond motifs is 1. The Bertz CT molecular complexity index is 1110. The smallest absolute Gasteiger partial charge is 0.264 e. The Morgan fingerprint density at radius 3 is 2.65 bits per heavy atom. The maximum atomic E-state index is 12.9. The minimum atomic E-state index is -1.04. The molecule has 1 fully saturated rings. The number of hydrogen-bond donors (Lipinski definition) is 1. The molecule has 0 radical (unpaired) electrons. The summed E-state index contributed by atoms with van der Waals surface area (Å²) in [5, 5.41) is 15.6. The normalized spacial score (nSPS) is 17.1. The summed E-state index contributed by atoms with van der Waals surface area (Å²) in [6.07, 6.45) is 5.51. The Kier molecular flexibility index (Phi) is 5.91. The van der Waals surface area contributed by atoms with Crippen LogP contribution in [-0.4, -0.2) is 53.9 Å². The van der Waals surface area contributed by atoms with Gasteiger partial charge in [0, 0.05) is 26.1 Å². The Labute approximate surface area is 181 Å². The fourth-order valence-electron chi connectivity index (χ4n) is 4.26. The molecule has 0 bridgehead atoms. The second kappa shape index (κ2) is 8.63. The number of aromatic nitrogens is 4. The van der Waals surface area contributed by atoms with E-state index in [1.807, 2.05) is 30.0 Å². The molecule has 0 spiro atoms. The van der Waals surface area contributed by atoms with E-state index < -0.39 is 5.60 Å². The summed E-state index contributed by atoms with van der Waals surface area (Å²) in [4.78, 5) is 31.7. The topological polar surface area (TPSA) is 93.2 Å². The van der Waals surface area contributed by atoms with E-state index in [1.165, 1.54) is 22.7 Å². The average Bonchev–Trinajstić information content (AvgIpc) is 3.16. The summed E-state index contributed by atoms with van der Waals surface area (Å²) >= 11 is 0. The largest absolute Gasteiger partial charge is 0.388 e. The molecular weight excluding hydrogens is 394 g/mol. The third-order valence-electron chi connectivity index (χ3n) is 6.32. The van der Waals surface area contributed by atoms with Crippen LogP contribution in [0.3, 0.4) is 0 Å². The van der Waals surface area contributed by atoms with E-state index in [4.69, 9.17) is 0 Å². The molecule has 1 N–H and O–H groups in total. The molecule has 1 amide bonds. The third-order valence-corrected chi connectivity index (χ3v) is 6.32. The number of nitrogens with zero attached hydrogens (tertiary/aromatic N) is 5. The first-order chi connectivity index (χ1) is 14.9. The highest BCUT2D eigenvalue weighted by Gasteiger charge is 2.35. The number of amides is 1. The van der Waals surface area contributed by atoms with E-state index in [2.05, 4.69) is 22.2 Å². The van der Waals surface area contributed by atoms with Crippen molar-refractivity contribution in [1.29, 1.82) is 0 Å². The molecule has 0 saturated carbocycles. The molecule has 3 aromatic rings. The van der Waals surface area contributed by atoms with Crippen molar-refractivity contribution in [3.8, 4) is 0 Å². The lowest BCUT2D eigenvalue weighted by Crippen LogP contribution is -2.50. The van der Waals surface area contributed by atoms with Crippen molar-refractivity contribution in [2.45, 2.75) is 44.8 Å². The van der Waals surface area contributed by atoms with Crippen LogP contribution in [0.5, 0.6) is 0 Å². The number of likely N-dealkylation sites (tertiary alicyclic amines) is 1. The van der Waals surface area contributed by atoms with Gasteiger partial charge in [-0.1, -0.05) is 37.3 Å². The molecule has 164 valence electrons. The molecule has 1 saturated heterocycles. The minimum Gasteiger partial charge on any atom is -0.388 e. The van der Waals surface area contributed by atoms with E-state index in [-0.39, 0.29) is 23.9 Å². The number of aliphatic hydroxyl groups is 1. The van der Waals surface area contributed by atoms with Gasteiger partial charge in [0.25, 0.3) is 5.56 Å². The fourth-order valence-corrected chi connectivity index (χ4v) is 4.26. The van der Waals surface area contributed by atoms with Crippen LogP contribution in [0.15, 0.2) is 47.7 Å². The van der Waals surface area contributed by atoms with Gasteiger partial charge in [-0.2, -0.15) is 5.10 Å². The first-order valence-electron chi connectivity index (χ1n) is 10.8. The van der Waals surface area contributed by atoms with Gasteiger partial charge in [0.05, 0.1) is 18.3 Å². The number of aryl methyl sites for hydroxylation is 2. The molecule has 1 unspecified atom stereocenters. The third kappa shape index (κ3) is 4.54. The molecule has 2 aromatic heterocycles. The van der Waals surface area contributed by atoms with Gasteiger partial charge in [0.1, 0.15) is 11.7 Å². The van der Waals surface area contributed by atoms with Gasteiger partial charge in [0.2, 0.25) is 5.91 Å². The average molecular weight is 424 g/mol. The van der Waals surface area contributed by atoms with E-state index in [0.29, 0.717) is 37.0 Å². The monoisotopic (exact) mass is 423 g/mol. The minimum absolute atomic E-state index is 0.0637. The molecule has 1 aliphatic rings. The molecule has 0 aliphatic carbocycles. The molecule has 8 heteroatoms. The van der Waals surface area contributed by atoms with Crippen molar-refractivity contribution in [1.82, 2.24) is 24.2 Å². The Balaban J connectivity index is 1.34. The molecule has 1 aliphatic heterocycles. The van der Waals surface area contributed by atoms with Crippen LogP contribution in [0.4, 0.5) is 0 Å². The molecular formula is C23H29N5O3. The quantitative estimate of drug-likeness (QED) is 0.652. The van der Waals surface area contributed by atoms with Gasteiger partial charge in [-0.05, 0) is 31.2 Å². The highest BCUT2D eigenvalue weighted by molar-refractivity contribution is 5.78. The number of carbonyl (C=O) groups is 1. The zero-order valence-corrected chi connectivity index (χ0v) is 18.1. The van der Waals surface area contributed by atoms with E-state index >= 15 is 0 Å². The Morgan fingerprint density at radius 2 is 1.94 bits per heavy atom. The molecule has 1 aromatic carbocycles. The summed E-state index contributed by atoms with van der Waals surface area (Å²) in [6.45, 7) is 3.11. The number of benzene rings is 1. The number of carbonyl (C=O) groups excluding carboxylic acids is 1. The lowest BCUT2D eigenvalue weighted by atomic mass is 9.90. The Hall–Kier alpha value is -3.00. The highest BCUT2D eigenvalue weighted by atomic mass is 16.3. The van der Waals surface area contributed by atoms with Crippen LogP contribution in [0, 0.1) is 5.92 Å². The second-order valence-electron chi connectivity index (χ2n) is 8.66. The van der Waals surface area contributed by atoms with Gasteiger partial charge in [-0.3, -0.25) is 18.8 Å². The second-order valence-corrected chi connectivity index (χ2v) is 8.66. The van der Waals surface area contributed by atoms with E-state index in [0.717, 1.165) is 12.8 Å². The first-order valence-corrected chi connectivity index (χ1v) is 10.8. The van der Waals surface area contributed by atoms with Gasteiger partial charge < -0.3 is 10.0 Å². The zero-order chi connectivity index (χ0) is 22.0. The van der Waals surface area contributed by atoms with Crippen molar-refractivity contribution in [3.63, 3.8) is 0 Å². The van der Waals surface area contributed by atoms with Crippen molar-refractivity contribution in [3.05, 3.63) is 58.8 Å². The molecule has 8 nitrogen and oxygen atoms in total. The van der Waals surface area contributed by atoms with Gasteiger partial charge in [0.15, 0.2) is 5.65 Å². The van der Waals surface area contributed by atoms with Gasteiger partial charge in [-0.25, -0.2) is 4.98 Å². The zero-order valence-electron chi connectivity index (χ0n) is 18.1. The molecule has 3 heterocycles. The molecule has 31 heavy (non-hydrogen) atoms. The van der Waals surface area contributed by atoms with Crippen LogP contribution in [0.25, 0.3) is 11.0 Å². The summed E-state index contributed by atoms with van der Waals surface area (Å²) in [5.41, 5.74) is 0.517. The van der Waals surface area contributed by atoms with Crippen molar-refractivity contribution >= 4 is 16.9 Å². The van der Waals surface area contributed by atoms with E-state index in [1.54, 1.807) is 11.7 Å². The summed E-state index contributed by atoms with van der Waals surface area (Å²) < 4.78 is 3.00. The lowest BCUT2D eigenvalue weighted by Gasteiger charge is -2.39. The SMILES string of the molecule is CC(CCc1ccccc1)C(=O)N1CCC(O)(Cn2cnc3c(cnn3C)c2=O)CC1. The number of piperidine rings is 1. The van der Waals surface area contributed by atoms with Gasteiger partial charge >= 0.3 is 0 Å². The number of hydrogen-bond acceptors (Lipinski definition) is 5. The first kappa shape index (κ1) is 21.2. The maximum Gasteiger partial charge on any atom is 0.264 e.